The molecule has 1 fully saturated rings. The van der Waals surface area contributed by atoms with Crippen LogP contribution in [0, 0.1) is 12.7 Å². The zero-order valence-electron chi connectivity index (χ0n) is 19.1. The molecule has 1 aliphatic rings. The number of piperazine rings is 1. The highest BCUT2D eigenvalue weighted by molar-refractivity contribution is 14.2. The summed E-state index contributed by atoms with van der Waals surface area (Å²) in [5.41, 5.74) is 4.27. The van der Waals surface area contributed by atoms with Crippen LogP contribution in [-0.4, -0.2) is 60.6 Å². The minimum atomic E-state index is -0.666. The van der Waals surface area contributed by atoms with Crippen LogP contribution in [0.5, 0.6) is 5.75 Å². The largest absolute Gasteiger partial charge is 0.496 e. The third-order valence-electron chi connectivity index (χ3n) is 6.33. The fourth-order valence-corrected chi connectivity index (χ4v) is 6.01. The molecule has 1 saturated heterocycles. The van der Waals surface area contributed by atoms with Crippen molar-refractivity contribution >= 4 is 47.2 Å². The van der Waals surface area contributed by atoms with Crippen molar-refractivity contribution in [1.29, 1.82) is 0 Å². The van der Waals surface area contributed by atoms with Gasteiger partial charge in [-0.2, -0.15) is 0 Å². The maximum atomic E-state index is 14.7. The molecule has 0 radical (unpaired) electrons. The van der Waals surface area contributed by atoms with E-state index < -0.39 is 11.8 Å². The Morgan fingerprint density at radius 1 is 1.24 bits per heavy atom. The second-order valence-corrected chi connectivity index (χ2v) is 10.0. The monoisotopic (exact) mass is 583 g/mol. The van der Waals surface area contributed by atoms with E-state index in [-0.39, 0.29) is 11.6 Å². The SMILES string of the molecule is COC(=O)c1ccc(C2CN(C)CCN2Cc2c(OC)cc(C)c3c2ccn3SI)cc1F. The average molecular weight is 583 g/mol. The first-order valence-electron chi connectivity index (χ1n) is 10.6. The first-order chi connectivity index (χ1) is 15.9. The number of carbonyl (C=O) groups is 1. The Hall–Kier alpha value is -1.82. The van der Waals surface area contributed by atoms with Gasteiger partial charge in [0.1, 0.15) is 11.6 Å². The Balaban J connectivity index is 1.73. The van der Waals surface area contributed by atoms with Gasteiger partial charge in [-0.1, -0.05) is 6.07 Å². The van der Waals surface area contributed by atoms with Crippen LogP contribution < -0.4 is 4.74 Å². The Morgan fingerprint density at radius 2 is 2.03 bits per heavy atom. The number of hydrogen-bond donors (Lipinski definition) is 0. The molecular formula is C24H27FIN3O3S. The maximum Gasteiger partial charge on any atom is 0.340 e. The topological polar surface area (TPSA) is 46.9 Å². The molecule has 176 valence electrons. The smallest absolute Gasteiger partial charge is 0.340 e. The molecule has 1 aliphatic heterocycles. The summed E-state index contributed by atoms with van der Waals surface area (Å²) in [5, 5.41) is 1.17. The van der Waals surface area contributed by atoms with E-state index in [1.807, 2.05) is 6.07 Å². The van der Waals surface area contributed by atoms with E-state index in [1.54, 1.807) is 16.2 Å². The van der Waals surface area contributed by atoms with E-state index in [2.05, 4.69) is 67.3 Å². The Labute approximate surface area is 209 Å². The second kappa shape index (κ2) is 10.2. The first-order valence-corrected chi connectivity index (χ1v) is 14.0. The van der Waals surface area contributed by atoms with Crippen molar-refractivity contribution in [2.75, 3.05) is 40.9 Å². The average Bonchev–Trinajstić information content (AvgIpc) is 3.26. The third-order valence-corrected chi connectivity index (χ3v) is 8.05. The van der Waals surface area contributed by atoms with Gasteiger partial charge < -0.3 is 14.4 Å². The summed E-state index contributed by atoms with van der Waals surface area (Å²) in [6.45, 7) is 5.29. The van der Waals surface area contributed by atoms with Gasteiger partial charge in [0.2, 0.25) is 0 Å². The summed E-state index contributed by atoms with van der Waals surface area (Å²) < 4.78 is 27.4. The van der Waals surface area contributed by atoms with Crippen molar-refractivity contribution in [3.05, 3.63) is 64.6 Å². The molecular weight excluding hydrogens is 556 g/mol. The lowest BCUT2D eigenvalue weighted by atomic mass is 9.98. The molecule has 3 aromatic rings. The lowest BCUT2D eigenvalue weighted by molar-refractivity contribution is 0.0595. The van der Waals surface area contributed by atoms with Crippen LogP contribution in [0.1, 0.15) is 33.1 Å². The lowest BCUT2D eigenvalue weighted by Gasteiger charge is -2.40. The van der Waals surface area contributed by atoms with Gasteiger partial charge in [0.25, 0.3) is 0 Å². The van der Waals surface area contributed by atoms with Crippen LogP contribution in [0.25, 0.3) is 10.9 Å². The van der Waals surface area contributed by atoms with Crippen LogP contribution in [0.2, 0.25) is 0 Å². The standard InChI is InChI=1S/C24H27FIN3O3S/c1-15-11-22(31-3)19(17-7-8-29(33-26)23(15)17)13-28-10-9-27(2)14-21(28)16-5-6-18(20(25)12-16)24(30)32-4/h5-8,11-12,21H,9-10,13-14H2,1-4H3. The van der Waals surface area contributed by atoms with Crippen LogP contribution in [0.15, 0.2) is 36.5 Å². The number of carbonyl (C=O) groups excluding carboxylic acids is 1. The number of esters is 1. The van der Waals surface area contributed by atoms with E-state index >= 15 is 0 Å². The molecule has 4 rings (SSSR count). The number of hydrogen-bond acceptors (Lipinski definition) is 6. The predicted octanol–water partition coefficient (Wildman–Crippen LogP) is 5.22. The van der Waals surface area contributed by atoms with Gasteiger partial charge in [0.05, 0.1) is 25.3 Å². The van der Waals surface area contributed by atoms with Crippen LogP contribution in [0.4, 0.5) is 4.39 Å². The van der Waals surface area contributed by atoms with Gasteiger partial charge in [-0.05, 0) is 49.4 Å². The number of nitrogens with zero attached hydrogens (tertiary/aromatic N) is 3. The van der Waals surface area contributed by atoms with Crippen molar-refractivity contribution < 1.29 is 18.7 Å². The Bertz CT molecular complexity index is 1190. The number of fused-ring (bicyclic) bond motifs is 1. The molecule has 2 aromatic carbocycles. The van der Waals surface area contributed by atoms with Crippen molar-refractivity contribution in [3.63, 3.8) is 0 Å². The normalized spacial score (nSPS) is 17.5. The number of aromatic nitrogens is 1. The van der Waals surface area contributed by atoms with Crippen LogP contribution in [-0.2, 0) is 11.3 Å². The summed E-state index contributed by atoms with van der Waals surface area (Å²) in [6, 6.07) is 9.03. The van der Waals surface area contributed by atoms with Gasteiger partial charge in [0, 0.05) is 79.7 Å². The van der Waals surface area contributed by atoms with Crippen molar-refractivity contribution in [3.8, 4) is 5.75 Å². The Morgan fingerprint density at radius 3 is 2.70 bits per heavy atom. The second-order valence-electron chi connectivity index (χ2n) is 8.33. The molecule has 0 aliphatic carbocycles. The lowest BCUT2D eigenvalue weighted by Crippen LogP contribution is -2.46. The fourth-order valence-electron chi connectivity index (χ4n) is 4.61. The van der Waals surface area contributed by atoms with Gasteiger partial charge in [0.15, 0.2) is 0 Å². The van der Waals surface area contributed by atoms with Gasteiger partial charge >= 0.3 is 5.97 Å². The summed E-state index contributed by atoms with van der Waals surface area (Å²) in [7, 11) is 6.68. The minimum absolute atomic E-state index is 0.0213. The molecule has 1 atom stereocenters. The predicted molar refractivity (Wildman–Crippen MR) is 139 cm³/mol. The molecule has 2 heterocycles. The highest BCUT2D eigenvalue weighted by Crippen LogP contribution is 2.37. The van der Waals surface area contributed by atoms with Crippen molar-refractivity contribution in [2.24, 2.45) is 0 Å². The zero-order valence-corrected chi connectivity index (χ0v) is 22.1. The summed E-state index contributed by atoms with van der Waals surface area (Å²) >= 11 is 2.29. The molecule has 0 N–H and O–H groups in total. The number of aryl methyl sites for hydroxylation is 1. The number of halogens is 2. The molecule has 9 heteroatoms. The molecule has 0 spiro atoms. The van der Waals surface area contributed by atoms with Gasteiger partial charge in [-0.15, -0.1) is 0 Å². The summed E-state index contributed by atoms with van der Waals surface area (Å²) in [5.74, 6) is -0.360. The van der Waals surface area contributed by atoms with Crippen molar-refractivity contribution in [1.82, 2.24) is 13.8 Å². The molecule has 1 unspecified atom stereocenters. The minimum Gasteiger partial charge on any atom is -0.496 e. The number of benzene rings is 2. The van der Waals surface area contributed by atoms with E-state index in [0.717, 1.165) is 42.1 Å². The third kappa shape index (κ3) is 4.73. The van der Waals surface area contributed by atoms with Crippen LogP contribution in [0.3, 0.4) is 0 Å². The molecule has 0 saturated carbocycles. The van der Waals surface area contributed by atoms with E-state index in [9.17, 15) is 9.18 Å². The van der Waals surface area contributed by atoms with E-state index in [4.69, 9.17) is 9.47 Å². The zero-order chi connectivity index (χ0) is 23.7. The van der Waals surface area contributed by atoms with Gasteiger partial charge in [-0.25, -0.2) is 9.18 Å². The molecule has 0 bridgehead atoms. The molecule has 1 aromatic heterocycles. The molecule has 0 amide bonds. The highest BCUT2D eigenvalue weighted by atomic mass is 127. The van der Waals surface area contributed by atoms with E-state index in [1.165, 1.54) is 30.1 Å². The molecule has 6 nitrogen and oxygen atoms in total. The maximum absolute atomic E-state index is 14.7. The molecule has 33 heavy (non-hydrogen) atoms. The number of methoxy groups -OCH3 is 2. The van der Waals surface area contributed by atoms with E-state index in [0.29, 0.717) is 6.54 Å². The highest BCUT2D eigenvalue weighted by Gasteiger charge is 2.29. The van der Waals surface area contributed by atoms with Gasteiger partial charge in [-0.3, -0.25) is 8.87 Å². The van der Waals surface area contributed by atoms with Crippen molar-refractivity contribution in [2.45, 2.75) is 19.5 Å². The number of ether oxygens (including phenoxy) is 2. The fraction of sp³-hybridized carbons (Fsp3) is 0.375. The van der Waals surface area contributed by atoms with Crippen LogP contribution >= 0.6 is 30.3 Å². The summed E-state index contributed by atoms with van der Waals surface area (Å²) in [4.78, 5) is 16.4. The number of rotatable bonds is 6. The quantitative estimate of drug-likeness (QED) is 0.293. The number of likely N-dealkylation sites (N-methyl/N-ethyl adjacent to an activating group) is 1. The summed E-state index contributed by atoms with van der Waals surface area (Å²) in [6.07, 6.45) is 2.08. The first kappa shape index (κ1) is 24.3. The Kier molecular flexibility index (Phi) is 7.52.